The van der Waals surface area contributed by atoms with Crippen LogP contribution >= 0.6 is 0 Å². The molecule has 334 valence electrons. The van der Waals surface area contributed by atoms with E-state index < -0.39 is 6.10 Å². The standard InChI is InChI=1S/C51H94O6/c1-4-7-10-13-16-19-22-25-27-29-32-35-38-41-44-50(53)56-47-48(46-55-49(52)43-40-37-34-31-28-24-21-18-15-12-9-6-3)57-51(54)45-42-39-36-33-30-26-23-20-17-14-11-8-5-2/h18,21,26,30,48H,4-17,19-20,22-25,27-29,31-47H2,1-3H3/b21-18-,30-26-. The molecular formula is C51H94O6. The van der Waals surface area contributed by atoms with Gasteiger partial charge in [0.15, 0.2) is 6.10 Å². The highest BCUT2D eigenvalue weighted by Crippen LogP contribution is 2.15. The van der Waals surface area contributed by atoms with Gasteiger partial charge in [-0.25, -0.2) is 0 Å². The predicted octanol–water partition coefficient (Wildman–Crippen LogP) is 16.0. The average molecular weight is 803 g/mol. The Kier molecular flexibility index (Phi) is 44.9. The molecular weight excluding hydrogens is 709 g/mol. The number of allylic oxidation sites excluding steroid dienone is 4. The van der Waals surface area contributed by atoms with Crippen LogP contribution in [0.4, 0.5) is 0 Å². The van der Waals surface area contributed by atoms with Crippen molar-refractivity contribution in [2.45, 2.75) is 271 Å². The Bertz CT molecular complexity index is 927. The molecule has 0 aliphatic rings. The van der Waals surface area contributed by atoms with Crippen molar-refractivity contribution in [3.8, 4) is 0 Å². The normalized spacial score (nSPS) is 12.1. The van der Waals surface area contributed by atoms with Crippen molar-refractivity contribution < 1.29 is 28.6 Å². The van der Waals surface area contributed by atoms with Crippen LogP contribution in [0.3, 0.4) is 0 Å². The molecule has 6 heteroatoms. The first-order valence-corrected chi connectivity index (χ1v) is 24.8. The summed E-state index contributed by atoms with van der Waals surface area (Å²) in [6.45, 7) is 6.60. The summed E-state index contributed by atoms with van der Waals surface area (Å²) in [5.41, 5.74) is 0. The minimum Gasteiger partial charge on any atom is -0.462 e. The topological polar surface area (TPSA) is 78.9 Å². The molecule has 0 aliphatic heterocycles. The Morgan fingerprint density at radius 3 is 0.930 bits per heavy atom. The van der Waals surface area contributed by atoms with E-state index in [1.807, 2.05) is 0 Å². The Labute approximate surface area is 353 Å². The van der Waals surface area contributed by atoms with Crippen LogP contribution in [0.2, 0.25) is 0 Å². The van der Waals surface area contributed by atoms with E-state index in [1.165, 1.54) is 148 Å². The third-order valence-electron chi connectivity index (χ3n) is 10.9. The van der Waals surface area contributed by atoms with Crippen LogP contribution in [0, 0.1) is 0 Å². The van der Waals surface area contributed by atoms with Gasteiger partial charge in [0.25, 0.3) is 0 Å². The van der Waals surface area contributed by atoms with Gasteiger partial charge in [0.05, 0.1) is 0 Å². The molecule has 0 aromatic carbocycles. The monoisotopic (exact) mass is 803 g/mol. The molecule has 0 N–H and O–H groups in total. The fraction of sp³-hybridized carbons (Fsp3) is 0.863. The van der Waals surface area contributed by atoms with Crippen molar-refractivity contribution in [3.05, 3.63) is 24.3 Å². The highest BCUT2D eigenvalue weighted by Gasteiger charge is 2.19. The number of rotatable bonds is 45. The number of hydrogen-bond acceptors (Lipinski definition) is 6. The molecule has 0 fully saturated rings. The minimum absolute atomic E-state index is 0.0765. The van der Waals surface area contributed by atoms with Crippen LogP contribution in [-0.4, -0.2) is 37.2 Å². The van der Waals surface area contributed by atoms with E-state index in [-0.39, 0.29) is 31.1 Å². The van der Waals surface area contributed by atoms with Gasteiger partial charge >= 0.3 is 17.9 Å². The van der Waals surface area contributed by atoms with Crippen molar-refractivity contribution in [1.82, 2.24) is 0 Å². The van der Waals surface area contributed by atoms with Crippen LogP contribution < -0.4 is 0 Å². The first kappa shape index (κ1) is 54.9. The van der Waals surface area contributed by atoms with E-state index in [2.05, 4.69) is 45.1 Å². The van der Waals surface area contributed by atoms with Crippen LogP contribution in [0.1, 0.15) is 265 Å². The summed E-state index contributed by atoms with van der Waals surface area (Å²) in [6, 6.07) is 0. The summed E-state index contributed by atoms with van der Waals surface area (Å²) in [5.74, 6) is -0.893. The zero-order valence-corrected chi connectivity index (χ0v) is 38.1. The van der Waals surface area contributed by atoms with E-state index in [9.17, 15) is 14.4 Å². The van der Waals surface area contributed by atoms with Gasteiger partial charge < -0.3 is 14.2 Å². The SMILES string of the molecule is CCCCC/C=C\CCCCCCCC(=O)OCC(COC(=O)CCCCCCCCCCCCCCCC)OC(=O)CCCCC/C=C\CCCCCCCC. The molecule has 0 saturated heterocycles. The van der Waals surface area contributed by atoms with Gasteiger partial charge in [-0.15, -0.1) is 0 Å². The van der Waals surface area contributed by atoms with Crippen LogP contribution in [0.15, 0.2) is 24.3 Å². The second-order valence-electron chi connectivity index (χ2n) is 16.7. The molecule has 1 atom stereocenters. The predicted molar refractivity (Wildman–Crippen MR) is 243 cm³/mol. The van der Waals surface area contributed by atoms with E-state index >= 15 is 0 Å². The third-order valence-corrected chi connectivity index (χ3v) is 10.9. The van der Waals surface area contributed by atoms with Crippen molar-refractivity contribution in [3.63, 3.8) is 0 Å². The van der Waals surface area contributed by atoms with Crippen molar-refractivity contribution in [2.24, 2.45) is 0 Å². The summed E-state index contributed by atoms with van der Waals surface area (Å²) >= 11 is 0. The zero-order chi connectivity index (χ0) is 41.5. The van der Waals surface area contributed by atoms with Gasteiger partial charge in [0, 0.05) is 19.3 Å². The van der Waals surface area contributed by atoms with Crippen LogP contribution in [0.5, 0.6) is 0 Å². The molecule has 57 heavy (non-hydrogen) atoms. The largest absolute Gasteiger partial charge is 0.462 e. The summed E-state index contributed by atoms with van der Waals surface area (Å²) in [4.78, 5) is 37.8. The molecule has 0 radical (unpaired) electrons. The van der Waals surface area contributed by atoms with E-state index in [4.69, 9.17) is 14.2 Å². The van der Waals surface area contributed by atoms with Gasteiger partial charge in [0.1, 0.15) is 13.2 Å². The molecule has 0 saturated carbocycles. The summed E-state index contributed by atoms with van der Waals surface area (Å²) in [5, 5.41) is 0. The first-order valence-electron chi connectivity index (χ1n) is 24.8. The Morgan fingerprint density at radius 2 is 0.579 bits per heavy atom. The molecule has 0 aromatic rings. The van der Waals surface area contributed by atoms with Crippen molar-refractivity contribution in [2.75, 3.05) is 13.2 Å². The maximum absolute atomic E-state index is 12.7. The van der Waals surface area contributed by atoms with E-state index in [1.54, 1.807) is 0 Å². The smallest absolute Gasteiger partial charge is 0.306 e. The number of unbranched alkanes of at least 4 members (excludes halogenated alkanes) is 30. The second-order valence-corrected chi connectivity index (χ2v) is 16.7. The fourth-order valence-electron chi connectivity index (χ4n) is 7.14. The number of esters is 3. The zero-order valence-electron chi connectivity index (χ0n) is 38.1. The lowest BCUT2D eigenvalue weighted by Gasteiger charge is -2.18. The third kappa shape index (κ3) is 44.8. The van der Waals surface area contributed by atoms with Crippen LogP contribution in [0.25, 0.3) is 0 Å². The lowest BCUT2D eigenvalue weighted by molar-refractivity contribution is -0.167. The summed E-state index contributed by atoms with van der Waals surface area (Å²) in [6.07, 6.45) is 51.5. The van der Waals surface area contributed by atoms with Gasteiger partial charge in [-0.05, 0) is 70.6 Å². The molecule has 0 aromatic heterocycles. The summed E-state index contributed by atoms with van der Waals surface area (Å²) in [7, 11) is 0. The lowest BCUT2D eigenvalue weighted by Crippen LogP contribution is -2.30. The molecule has 1 unspecified atom stereocenters. The van der Waals surface area contributed by atoms with E-state index in [0.717, 1.165) is 77.0 Å². The molecule has 0 spiro atoms. The molecule has 6 nitrogen and oxygen atoms in total. The van der Waals surface area contributed by atoms with Gasteiger partial charge in [-0.1, -0.05) is 199 Å². The van der Waals surface area contributed by atoms with Gasteiger partial charge in [-0.2, -0.15) is 0 Å². The molecule has 0 rings (SSSR count). The van der Waals surface area contributed by atoms with Gasteiger partial charge in [0.2, 0.25) is 0 Å². The highest BCUT2D eigenvalue weighted by molar-refractivity contribution is 5.71. The molecule has 0 aliphatic carbocycles. The molecule has 0 heterocycles. The minimum atomic E-state index is -0.776. The second kappa shape index (κ2) is 46.6. The number of carbonyl (C=O) groups excluding carboxylic acids is 3. The Balaban J connectivity index is 4.37. The number of hydrogen-bond donors (Lipinski definition) is 0. The van der Waals surface area contributed by atoms with Gasteiger partial charge in [-0.3, -0.25) is 14.4 Å². The van der Waals surface area contributed by atoms with Crippen molar-refractivity contribution >= 4 is 17.9 Å². The highest BCUT2D eigenvalue weighted by atomic mass is 16.6. The van der Waals surface area contributed by atoms with Crippen molar-refractivity contribution in [1.29, 1.82) is 0 Å². The number of ether oxygens (including phenoxy) is 3. The molecule has 0 bridgehead atoms. The Hall–Kier alpha value is -2.11. The summed E-state index contributed by atoms with van der Waals surface area (Å²) < 4.78 is 16.7. The fourth-order valence-corrected chi connectivity index (χ4v) is 7.14. The van der Waals surface area contributed by atoms with E-state index in [0.29, 0.717) is 19.3 Å². The van der Waals surface area contributed by atoms with Crippen LogP contribution in [-0.2, 0) is 28.6 Å². The lowest BCUT2D eigenvalue weighted by atomic mass is 10.0. The number of carbonyl (C=O) groups is 3. The maximum atomic E-state index is 12.7. The quantitative estimate of drug-likeness (QED) is 0.0264. The first-order chi connectivity index (χ1) is 28.0. The average Bonchev–Trinajstić information content (AvgIpc) is 3.21. The molecule has 0 amide bonds. The maximum Gasteiger partial charge on any atom is 0.306 e. The Morgan fingerprint density at radius 1 is 0.333 bits per heavy atom.